The topological polar surface area (TPSA) is 42.7 Å². The van der Waals surface area contributed by atoms with Crippen LogP contribution in [0.1, 0.15) is 0 Å². The predicted molar refractivity (Wildman–Crippen MR) is 239 cm³/mol. The van der Waals surface area contributed by atoms with E-state index in [0.717, 1.165) is 50.6 Å². The molecule has 57 heavy (non-hydrogen) atoms. The second kappa shape index (κ2) is 12.5. The first-order valence-corrected chi connectivity index (χ1v) is 22.0. The molecule has 5 heterocycles. The molecule has 0 radical (unpaired) electrons. The normalized spacial score (nSPS) is 13.4. The van der Waals surface area contributed by atoms with Gasteiger partial charge in [-0.2, -0.15) is 0 Å². The van der Waals surface area contributed by atoms with Gasteiger partial charge in [0.15, 0.2) is 8.07 Å². The number of para-hydroxylation sites is 2. The lowest BCUT2D eigenvalue weighted by molar-refractivity contribution is 0.483. The van der Waals surface area contributed by atoms with Crippen molar-refractivity contribution in [3.63, 3.8) is 0 Å². The van der Waals surface area contributed by atoms with E-state index in [1.165, 1.54) is 46.3 Å². The number of fused-ring (bicyclic) bond motifs is 12. The highest BCUT2D eigenvalue weighted by Crippen LogP contribution is 2.43. The summed E-state index contributed by atoms with van der Waals surface area (Å²) < 4.78 is 11.5. The molecule has 0 spiro atoms. The van der Waals surface area contributed by atoms with Crippen LogP contribution in [-0.4, -0.2) is 22.4 Å². The Morgan fingerprint density at radius 3 is 2.11 bits per heavy atom. The van der Waals surface area contributed by atoms with Crippen molar-refractivity contribution in [2.24, 2.45) is 0 Å². The maximum atomic E-state index is 6.75. The van der Waals surface area contributed by atoms with E-state index in [4.69, 9.17) is 14.7 Å². The highest BCUT2D eigenvalue weighted by Gasteiger charge is 2.51. The van der Waals surface area contributed by atoms with E-state index in [-0.39, 0.29) is 0 Å². The Labute approximate surface area is 333 Å². The van der Waals surface area contributed by atoms with Crippen molar-refractivity contribution in [2.45, 2.75) is 0 Å². The van der Waals surface area contributed by atoms with Crippen LogP contribution in [-0.2, 0) is 0 Å². The molecule has 268 valence electrons. The summed E-state index contributed by atoms with van der Waals surface area (Å²) in [7, 11) is -2.95. The standard InChI is InChI=1S/C50H32N4OSSi/c1-3-16-36(17-4-1)57(37-18-5-2-6-19-37)46-25-12-10-23-44(46)54(50-48(57)47-42(32-52-50)40-21-8-11-24-45(40)56-47)33-14-13-15-34(30-33)55-35-26-27-38-39-20-7-9-22-43(39)53-29-28-51-49(53)41(38)31-35/h1-32H. The number of aromatic nitrogens is 3. The van der Waals surface area contributed by atoms with Gasteiger partial charge in [-0.25, -0.2) is 9.97 Å². The minimum atomic E-state index is -2.95. The fourth-order valence-electron chi connectivity index (χ4n) is 9.25. The molecule has 0 N–H and O–H groups in total. The maximum Gasteiger partial charge on any atom is 0.188 e. The van der Waals surface area contributed by atoms with Crippen LogP contribution < -0.4 is 30.4 Å². The highest BCUT2D eigenvalue weighted by atomic mass is 32.1. The number of ether oxygens (including phenoxy) is 1. The van der Waals surface area contributed by atoms with E-state index >= 15 is 0 Å². The number of hydrogen-bond donors (Lipinski definition) is 0. The molecule has 0 fully saturated rings. The van der Waals surface area contributed by atoms with E-state index in [9.17, 15) is 0 Å². The molecule has 7 aromatic carbocycles. The van der Waals surface area contributed by atoms with Crippen LogP contribution in [0, 0.1) is 0 Å². The van der Waals surface area contributed by atoms with Crippen LogP contribution >= 0.6 is 11.3 Å². The molecule has 0 bridgehead atoms. The van der Waals surface area contributed by atoms with Gasteiger partial charge < -0.3 is 4.74 Å². The van der Waals surface area contributed by atoms with Gasteiger partial charge in [-0.15, -0.1) is 11.3 Å². The number of hydrogen-bond acceptors (Lipinski definition) is 5. The summed E-state index contributed by atoms with van der Waals surface area (Å²) >= 11 is 1.88. The average Bonchev–Trinajstić information content (AvgIpc) is 3.93. The molecule has 4 aromatic heterocycles. The van der Waals surface area contributed by atoms with Crippen molar-refractivity contribution >= 4 is 105 Å². The van der Waals surface area contributed by atoms with Crippen molar-refractivity contribution in [3.8, 4) is 11.5 Å². The van der Waals surface area contributed by atoms with Gasteiger partial charge in [0.25, 0.3) is 0 Å². The number of nitrogens with zero attached hydrogens (tertiary/aromatic N) is 4. The summed E-state index contributed by atoms with van der Waals surface area (Å²) in [4.78, 5) is 12.6. The average molecular weight is 765 g/mol. The second-order valence-electron chi connectivity index (χ2n) is 14.6. The number of rotatable bonds is 5. The molecule has 0 atom stereocenters. The largest absolute Gasteiger partial charge is 0.457 e. The molecule has 0 unspecified atom stereocenters. The summed E-state index contributed by atoms with van der Waals surface area (Å²) in [6, 6.07) is 63.3. The van der Waals surface area contributed by atoms with E-state index in [1.54, 1.807) is 0 Å². The number of benzene rings is 7. The quantitative estimate of drug-likeness (QED) is 0.129. The molecule has 0 aliphatic carbocycles. The first-order valence-electron chi connectivity index (χ1n) is 19.1. The number of thiophene rings is 1. The molecule has 11 aromatic rings. The number of anilines is 3. The van der Waals surface area contributed by atoms with Crippen molar-refractivity contribution < 1.29 is 4.74 Å². The van der Waals surface area contributed by atoms with Crippen molar-refractivity contribution in [2.75, 3.05) is 4.90 Å². The number of pyridine rings is 2. The summed E-state index contributed by atoms with van der Waals surface area (Å²) in [5, 5.41) is 11.1. The van der Waals surface area contributed by atoms with Crippen molar-refractivity contribution in [1.82, 2.24) is 14.4 Å². The van der Waals surface area contributed by atoms with Gasteiger partial charge >= 0.3 is 0 Å². The molecule has 12 rings (SSSR count). The Hall–Kier alpha value is -7.06. The van der Waals surface area contributed by atoms with E-state index < -0.39 is 8.07 Å². The van der Waals surface area contributed by atoms with Crippen LogP contribution in [0.4, 0.5) is 17.2 Å². The zero-order valence-corrected chi connectivity index (χ0v) is 32.4. The third-order valence-corrected chi connectivity index (χ3v) is 17.8. The van der Waals surface area contributed by atoms with Crippen molar-refractivity contribution in [3.05, 3.63) is 195 Å². The Balaban J connectivity index is 1.08. The fourth-order valence-corrected chi connectivity index (χ4v) is 16.1. The molecule has 1 aliphatic rings. The molecule has 0 saturated heterocycles. The Bertz CT molecular complexity index is 3320. The second-order valence-corrected chi connectivity index (χ2v) is 19.3. The summed E-state index contributed by atoms with van der Waals surface area (Å²) in [6.07, 6.45) is 5.98. The summed E-state index contributed by atoms with van der Waals surface area (Å²) in [5.41, 5.74) is 4.16. The van der Waals surface area contributed by atoms with E-state index in [2.05, 4.69) is 185 Å². The van der Waals surface area contributed by atoms with Gasteiger partial charge in [-0.3, -0.25) is 9.30 Å². The Morgan fingerprint density at radius 1 is 0.544 bits per heavy atom. The smallest absolute Gasteiger partial charge is 0.188 e. The first kappa shape index (κ1) is 32.2. The van der Waals surface area contributed by atoms with Crippen LogP contribution in [0.3, 0.4) is 0 Å². The van der Waals surface area contributed by atoms with Gasteiger partial charge in [-0.1, -0.05) is 121 Å². The van der Waals surface area contributed by atoms with Gasteiger partial charge in [0.05, 0.1) is 11.2 Å². The van der Waals surface area contributed by atoms with Crippen molar-refractivity contribution in [1.29, 1.82) is 0 Å². The zero-order chi connectivity index (χ0) is 37.5. The Morgan fingerprint density at radius 2 is 1.26 bits per heavy atom. The Kier molecular flexibility index (Phi) is 7.05. The summed E-state index contributed by atoms with van der Waals surface area (Å²) in [5.74, 6) is 2.46. The predicted octanol–water partition coefficient (Wildman–Crippen LogP) is 10.4. The fraction of sp³-hybridized carbons (Fsp3) is 0. The minimum Gasteiger partial charge on any atom is -0.457 e. The summed E-state index contributed by atoms with van der Waals surface area (Å²) in [6.45, 7) is 0. The molecular formula is C50H32N4OSSi. The molecular weight excluding hydrogens is 733 g/mol. The van der Waals surface area contributed by atoms with Crippen LogP contribution in [0.2, 0.25) is 0 Å². The molecule has 5 nitrogen and oxygen atoms in total. The van der Waals surface area contributed by atoms with E-state index in [1.807, 2.05) is 29.8 Å². The van der Waals surface area contributed by atoms with Gasteiger partial charge in [0.1, 0.15) is 23.0 Å². The van der Waals surface area contributed by atoms with Crippen LogP contribution in [0.15, 0.2) is 195 Å². The third-order valence-electron chi connectivity index (χ3n) is 11.6. The van der Waals surface area contributed by atoms with Gasteiger partial charge in [0, 0.05) is 66.5 Å². The highest BCUT2D eigenvalue weighted by molar-refractivity contribution is 7.31. The van der Waals surface area contributed by atoms with E-state index in [0.29, 0.717) is 0 Å². The maximum absolute atomic E-state index is 6.75. The molecule has 0 saturated carbocycles. The molecule has 7 heteroatoms. The SMILES string of the molecule is c1ccc([Si]2(c3ccccc3)c3ccccc3N(c3cccc(Oc4ccc5c6ccccc6n6ccnc6c5c4)c3)c3ncc4c(sc5ccccc54)c32)cc1. The molecule has 0 amide bonds. The molecule has 1 aliphatic heterocycles. The van der Waals surface area contributed by atoms with Crippen LogP contribution in [0.5, 0.6) is 11.5 Å². The monoisotopic (exact) mass is 764 g/mol. The third kappa shape index (κ3) is 4.67. The van der Waals surface area contributed by atoms with Gasteiger partial charge in [-0.05, 0) is 69.5 Å². The first-order chi connectivity index (χ1) is 28.3. The lowest BCUT2D eigenvalue weighted by Gasteiger charge is -2.44. The van der Waals surface area contributed by atoms with Crippen LogP contribution in [0.25, 0.3) is 47.5 Å². The minimum absolute atomic E-state index is 0.745. The lowest BCUT2D eigenvalue weighted by Crippen LogP contribution is -2.77. The lowest BCUT2D eigenvalue weighted by atomic mass is 10.1. The zero-order valence-electron chi connectivity index (χ0n) is 30.6. The number of imidazole rings is 1. The van der Waals surface area contributed by atoms with Gasteiger partial charge in [0.2, 0.25) is 0 Å².